The summed E-state index contributed by atoms with van der Waals surface area (Å²) < 4.78 is 40.1. The van der Waals surface area contributed by atoms with Gasteiger partial charge in [-0.15, -0.1) is 4.91 Å². The standard InChI is InChI=1S/C29H36N4O8S/c34-25(18-33(17-21-8-13-28(35)30-21)42(38,39)22-9-6-20(32-37)7-10-22)24(16-19-4-2-1-3-5-19)31-29(36)41-27-12-11-26-23(27)14-15-40-26/h1-7,9-10,21,23-27,34H,8,11-18H2,(H,30,35)(H,31,36)/t21-,23-,24+,25-,26-,27?/m1/s1. The van der Waals surface area contributed by atoms with Crippen molar-refractivity contribution >= 4 is 27.7 Å². The van der Waals surface area contributed by atoms with E-state index in [-0.39, 0.29) is 60.5 Å². The Morgan fingerprint density at radius 2 is 1.88 bits per heavy atom. The van der Waals surface area contributed by atoms with E-state index >= 15 is 0 Å². The fourth-order valence-corrected chi connectivity index (χ4v) is 7.55. The number of nitrogens with zero attached hydrogens (tertiary/aromatic N) is 2. The molecule has 2 aliphatic heterocycles. The van der Waals surface area contributed by atoms with Crippen molar-refractivity contribution in [2.24, 2.45) is 11.1 Å². The van der Waals surface area contributed by atoms with Gasteiger partial charge in [-0.3, -0.25) is 4.79 Å². The van der Waals surface area contributed by atoms with E-state index in [9.17, 15) is 28.0 Å². The van der Waals surface area contributed by atoms with Crippen LogP contribution in [-0.4, -0.2) is 79.9 Å². The second-order valence-corrected chi connectivity index (χ2v) is 13.0. The van der Waals surface area contributed by atoms with Gasteiger partial charge in [-0.2, -0.15) is 4.31 Å². The van der Waals surface area contributed by atoms with Crippen LogP contribution in [0.1, 0.15) is 37.7 Å². The summed E-state index contributed by atoms with van der Waals surface area (Å²) in [6, 6.07) is 13.1. The molecule has 0 spiro atoms. The van der Waals surface area contributed by atoms with Gasteiger partial charge >= 0.3 is 6.09 Å². The van der Waals surface area contributed by atoms with Gasteiger partial charge in [0.05, 0.1) is 23.1 Å². The average Bonchev–Trinajstić information content (AvgIpc) is 3.72. The molecule has 2 amide bonds. The van der Waals surface area contributed by atoms with Crippen molar-refractivity contribution in [3.8, 4) is 0 Å². The number of alkyl carbamates (subject to hydrolysis) is 1. The monoisotopic (exact) mass is 600 g/mol. The highest BCUT2D eigenvalue weighted by Gasteiger charge is 2.43. The summed E-state index contributed by atoms with van der Waals surface area (Å²) in [4.78, 5) is 35.7. The number of fused-ring (bicyclic) bond motifs is 1. The molecule has 2 aromatic rings. The number of amides is 2. The van der Waals surface area contributed by atoms with Gasteiger partial charge in [-0.1, -0.05) is 30.3 Å². The number of carbonyl (C=O) groups is 2. The van der Waals surface area contributed by atoms with E-state index in [1.165, 1.54) is 24.3 Å². The van der Waals surface area contributed by atoms with Crippen LogP contribution in [0.4, 0.5) is 10.5 Å². The quantitative estimate of drug-likeness (QED) is 0.313. The average molecular weight is 601 g/mol. The van der Waals surface area contributed by atoms with Crippen LogP contribution >= 0.6 is 0 Å². The minimum Gasteiger partial charge on any atom is -0.446 e. The van der Waals surface area contributed by atoms with Gasteiger partial charge in [0.15, 0.2) is 0 Å². The van der Waals surface area contributed by atoms with Crippen LogP contribution in [0, 0.1) is 10.8 Å². The number of sulfonamides is 1. The number of ether oxygens (including phenoxy) is 2. The third-order valence-electron chi connectivity index (χ3n) is 8.28. The highest BCUT2D eigenvalue weighted by Crippen LogP contribution is 2.37. The van der Waals surface area contributed by atoms with Crippen molar-refractivity contribution in [3.63, 3.8) is 0 Å². The summed E-state index contributed by atoms with van der Waals surface area (Å²) in [5.74, 6) is -0.0243. The van der Waals surface area contributed by atoms with E-state index in [0.717, 1.165) is 22.7 Å². The number of carbonyl (C=O) groups excluding carboxylic acids is 2. The lowest BCUT2D eigenvalue weighted by Gasteiger charge is -2.31. The van der Waals surface area contributed by atoms with Crippen LogP contribution in [0.5, 0.6) is 0 Å². The smallest absolute Gasteiger partial charge is 0.407 e. The minimum atomic E-state index is -4.17. The molecule has 3 N–H and O–H groups in total. The second-order valence-electron chi connectivity index (χ2n) is 11.1. The molecule has 3 fully saturated rings. The van der Waals surface area contributed by atoms with Crippen LogP contribution < -0.4 is 10.6 Å². The van der Waals surface area contributed by atoms with Crippen molar-refractivity contribution in [1.29, 1.82) is 0 Å². The molecule has 1 aliphatic carbocycles. The van der Waals surface area contributed by atoms with Crippen LogP contribution in [-0.2, 0) is 30.7 Å². The zero-order valence-corrected chi connectivity index (χ0v) is 23.9. The Bertz CT molecular complexity index is 1360. The molecule has 2 saturated heterocycles. The van der Waals surface area contributed by atoms with E-state index in [4.69, 9.17) is 9.47 Å². The van der Waals surface area contributed by atoms with Crippen LogP contribution in [0.15, 0.2) is 64.7 Å². The van der Waals surface area contributed by atoms with Gasteiger partial charge in [0, 0.05) is 38.1 Å². The lowest BCUT2D eigenvalue weighted by Crippen LogP contribution is -2.52. The highest BCUT2D eigenvalue weighted by atomic mass is 32.2. The number of rotatable bonds is 12. The van der Waals surface area contributed by atoms with Gasteiger partial charge in [0.2, 0.25) is 15.9 Å². The first-order valence-electron chi connectivity index (χ1n) is 14.3. The van der Waals surface area contributed by atoms with Crippen molar-refractivity contribution in [3.05, 3.63) is 65.1 Å². The zero-order chi connectivity index (χ0) is 29.7. The van der Waals surface area contributed by atoms with Crippen LogP contribution in [0.3, 0.4) is 0 Å². The molecule has 2 heterocycles. The summed E-state index contributed by atoms with van der Waals surface area (Å²) in [7, 11) is -4.17. The Labute approximate surface area is 244 Å². The normalized spacial score (nSPS) is 25.0. The van der Waals surface area contributed by atoms with Gasteiger partial charge in [0.25, 0.3) is 0 Å². The van der Waals surface area contributed by atoms with Gasteiger partial charge < -0.3 is 25.2 Å². The van der Waals surface area contributed by atoms with E-state index < -0.39 is 34.3 Å². The summed E-state index contributed by atoms with van der Waals surface area (Å²) in [6.07, 6.45) is 1.11. The molecule has 6 atom stereocenters. The van der Waals surface area contributed by atoms with E-state index in [2.05, 4.69) is 15.8 Å². The van der Waals surface area contributed by atoms with E-state index in [0.29, 0.717) is 19.4 Å². The first-order chi connectivity index (χ1) is 20.2. The molecular weight excluding hydrogens is 564 g/mol. The Morgan fingerprint density at radius 3 is 2.57 bits per heavy atom. The van der Waals surface area contributed by atoms with Gasteiger partial charge in [0.1, 0.15) is 11.8 Å². The molecule has 13 heteroatoms. The molecule has 0 radical (unpaired) electrons. The molecule has 226 valence electrons. The predicted octanol–water partition coefficient (Wildman–Crippen LogP) is 2.62. The number of nitrogens with one attached hydrogen (secondary N) is 2. The van der Waals surface area contributed by atoms with Crippen LogP contribution in [0.25, 0.3) is 0 Å². The third-order valence-corrected chi connectivity index (χ3v) is 10.1. The first-order valence-corrected chi connectivity index (χ1v) is 15.7. The number of nitroso groups, excluding NO2 is 1. The lowest BCUT2D eigenvalue weighted by atomic mass is 10.0. The maximum absolute atomic E-state index is 13.7. The molecule has 2 aromatic carbocycles. The maximum Gasteiger partial charge on any atom is 0.407 e. The molecular formula is C29H36N4O8S. The number of hydrogen-bond donors (Lipinski definition) is 3. The Morgan fingerprint density at radius 1 is 1.12 bits per heavy atom. The molecule has 3 aliphatic rings. The predicted molar refractivity (Wildman–Crippen MR) is 152 cm³/mol. The fourth-order valence-electron chi connectivity index (χ4n) is 6.05. The molecule has 42 heavy (non-hydrogen) atoms. The molecule has 5 rings (SSSR count). The summed E-state index contributed by atoms with van der Waals surface area (Å²) in [5, 5.41) is 19.9. The fraction of sp³-hybridized carbons (Fsp3) is 0.517. The van der Waals surface area contributed by atoms with E-state index in [1.807, 2.05) is 30.3 Å². The highest BCUT2D eigenvalue weighted by molar-refractivity contribution is 7.89. The van der Waals surface area contributed by atoms with Crippen molar-refractivity contribution in [2.75, 3.05) is 19.7 Å². The minimum absolute atomic E-state index is 0.0759. The molecule has 0 aromatic heterocycles. The molecule has 0 bridgehead atoms. The second kappa shape index (κ2) is 13.3. The summed E-state index contributed by atoms with van der Waals surface area (Å²) in [6.45, 7) is 0.209. The SMILES string of the molecule is O=Nc1ccc(S(=O)(=O)N(C[C@H]2CCC(=O)N2)C[C@@H](O)[C@H](Cc2ccccc2)NC(=O)OC2CC[C@H]3OCC[C@@H]23)cc1. The van der Waals surface area contributed by atoms with Gasteiger partial charge in [-0.25, -0.2) is 13.2 Å². The number of aliphatic hydroxyl groups excluding tert-OH is 1. The third kappa shape index (κ3) is 7.14. The first kappa shape index (κ1) is 30.1. The van der Waals surface area contributed by atoms with Crippen molar-refractivity contribution < 1.29 is 32.6 Å². The van der Waals surface area contributed by atoms with Crippen molar-refractivity contribution in [2.45, 2.75) is 73.8 Å². The largest absolute Gasteiger partial charge is 0.446 e. The number of hydrogen-bond acceptors (Lipinski definition) is 9. The Kier molecular flexibility index (Phi) is 9.51. The molecule has 1 unspecified atom stereocenters. The summed E-state index contributed by atoms with van der Waals surface area (Å²) >= 11 is 0. The molecule has 12 nitrogen and oxygen atoms in total. The molecule has 1 saturated carbocycles. The number of aliphatic hydroxyl groups is 1. The zero-order valence-electron chi connectivity index (χ0n) is 23.1. The van der Waals surface area contributed by atoms with E-state index in [1.54, 1.807) is 0 Å². The van der Waals surface area contributed by atoms with Gasteiger partial charge in [-0.05, 0) is 67.1 Å². The lowest BCUT2D eigenvalue weighted by molar-refractivity contribution is -0.119. The Hall–Kier alpha value is -3.39. The summed E-state index contributed by atoms with van der Waals surface area (Å²) in [5.41, 5.74) is 0.911. The number of benzene rings is 2. The Balaban J connectivity index is 1.35. The van der Waals surface area contributed by atoms with Crippen LogP contribution in [0.2, 0.25) is 0 Å². The maximum atomic E-state index is 13.7. The topological polar surface area (TPSA) is 164 Å². The van der Waals surface area contributed by atoms with Crippen molar-refractivity contribution in [1.82, 2.24) is 14.9 Å².